The van der Waals surface area contributed by atoms with Crippen LogP contribution < -0.4 is 10.6 Å². The zero-order valence-electron chi connectivity index (χ0n) is 27.1. The summed E-state index contributed by atoms with van der Waals surface area (Å²) in [5.41, 5.74) is 7.74. The Morgan fingerprint density at radius 3 is 1.43 bits per heavy atom. The van der Waals surface area contributed by atoms with Crippen molar-refractivity contribution >= 4 is 72.4 Å². The average molecular weight is 674 g/mol. The molecular weight excluding hydrogens is 636 g/mol. The highest BCUT2D eigenvalue weighted by molar-refractivity contribution is 7.54. The maximum Gasteiger partial charge on any atom is 0.107 e. The summed E-state index contributed by atoms with van der Waals surface area (Å²) >= 11 is 0. The van der Waals surface area contributed by atoms with Crippen molar-refractivity contribution < 1.29 is 9.13 Å². The van der Waals surface area contributed by atoms with Gasteiger partial charge in [0.15, 0.2) is 0 Å². The molecule has 2 atom stereocenters. The Bertz CT molecular complexity index is 2220. The lowest BCUT2D eigenvalue weighted by Crippen LogP contribution is -1.95. The predicted molar refractivity (Wildman–Crippen MR) is 215 cm³/mol. The lowest BCUT2D eigenvalue weighted by molar-refractivity contribution is 0.594. The van der Waals surface area contributed by atoms with Gasteiger partial charge in [-0.2, -0.15) is 0 Å². The highest BCUT2D eigenvalue weighted by atomic mass is 31.1. The van der Waals surface area contributed by atoms with Gasteiger partial charge in [-0.15, -0.1) is 0 Å². The van der Waals surface area contributed by atoms with Crippen molar-refractivity contribution in [3.05, 3.63) is 181 Å². The number of para-hydroxylation sites is 2. The second-order valence-corrected chi connectivity index (χ2v) is 15.7. The summed E-state index contributed by atoms with van der Waals surface area (Å²) in [6.07, 6.45) is 13.5. The van der Waals surface area contributed by atoms with Crippen LogP contribution in [0.2, 0.25) is 0 Å². The molecule has 240 valence electrons. The highest BCUT2D eigenvalue weighted by Gasteiger charge is 2.08. The Kier molecular flexibility index (Phi) is 10.1. The molecule has 0 spiro atoms. The molecule has 7 rings (SSSR count). The van der Waals surface area contributed by atoms with Crippen LogP contribution in [-0.2, 0) is 9.13 Å². The highest BCUT2D eigenvalue weighted by Crippen LogP contribution is 2.30. The second kappa shape index (κ2) is 15.3. The van der Waals surface area contributed by atoms with Gasteiger partial charge in [0.05, 0.1) is 11.0 Å². The first-order valence-corrected chi connectivity index (χ1v) is 19.8. The van der Waals surface area contributed by atoms with Crippen molar-refractivity contribution in [1.29, 1.82) is 0 Å². The first-order valence-electron chi connectivity index (χ1n) is 16.5. The van der Waals surface area contributed by atoms with E-state index in [1.165, 1.54) is 21.8 Å². The molecule has 5 heteroatoms. The molecule has 0 fully saturated rings. The molecule has 0 aliphatic heterocycles. The van der Waals surface area contributed by atoms with E-state index in [1.54, 1.807) is 0 Å². The Morgan fingerprint density at radius 2 is 0.918 bits per heavy atom. The van der Waals surface area contributed by atoms with Crippen molar-refractivity contribution in [2.45, 2.75) is 0 Å². The Morgan fingerprint density at radius 1 is 0.449 bits per heavy atom. The van der Waals surface area contributed by atoms with Gasteiger partial charge in [0.1, 0.15) is 15.6 Å². The molecule has 1 heterocycles. The number of nitrogens with zero attached hydrogens (tertiary/aromatic N) is 1. The monoisotopic (exact) mass is 673 g/mol. The van der Waals surface area contributed by atoms with E-state index < -0.39 is 15.6 Å². The molecule has 0 bridgehead atoms. The first-order chi connectivity index (χ1) is 24.1. The minimum absolute atomic E-state index is 0.510. The molecule has 1 aromatic heterocycles. The van der Waals surface area contributed by atoms with E-state index in [4.69, 9.17) is 0 Å². The fourth-order valence-electron chi connectivity index (χ4n) is 6.18. The van der Waals surface area contributed by atoms with Gasteiger partial charge in [0, 0.05) is 39.9 Å². The van der Waals surface area contributed by atoms with E-state index in [1.807, 2.05) is 72.8 Å². The van der Waals surface area contributed by atoms with Crippen molar-refractivity contribution in [3.63, 3.8) is 0 Å². The smallest absolute Gasteiger partial charge is 0.107 e. The minimum Gasteiger partial charge on any atom is -0.322 e. The van der Waals surface area contributed by atoms with Gasteiger partial charge in [-0.05, 0) is 64.2 Å². The van der Waals surface area contributed by atoms with Crippen molar-refractivity contribution in [3.8, 4) is 11.1 Å². The van der Waals surface area contributed by atoms with Crippen LogP contribution in [0, 0.1) is 0 Å². The Labute approximate surface area is 289 Å². The molecule has 49 heavy (non-hydrogen) atoms. The number of hydrogen-bond acceptors (Lipinski definition) is 2. The summed E-state index contributed by atoms with van der Waals surface area (Å²) < 4.78 is 28.0. The molecule has 0 radical (unpaired) electrons. The van der Waals surface area contributed by atoms with Crippen LogP contribution in [0.4, 0.5) is 0 Å². The lowest BCUT2D eigenvalue weighted by Gasteiger charge is -2.08. The molecule has 3 nitrogen and oxygen atoms in total. The normalized spacial score (nSPS) is 13.2. The zero-order valence-corrected chi connectivity index (χ0v) is 29.1. The van der Waals surface area contributed by atoms with E-state index in [0.717, 1.165) is 38.4 Å². The summed E-state index contributed by atoms with van der Waals surface area (Å²) in [6.45, 7) is 0. The molecule has 0 aliphatic carbocycles. The van der Waals surface area contributed by atoms with E-state index in [2.05, 4.69) is 120 Å². The molecule has 6 aromatic carbocycles. The second-order valence-electron chi connectivity index (χ2n) is 12.0. The maximum atomic E-state index is 12.9. The van der Waals surface area contributed by atoms with Crippen molar-refractivity contribution in [1.82, 2.24) is 4.57 Å². The molecule has 0 N–H and O–H groups in total. The van der Waals surface area contributed by atoms with E-state index >= 15 is 0 Å². The summed E-state index contributed by atoms with van der Waals surface area (Å²) in [5, 5.41) is 4.29. The first kappa shape index (κ1) is 32.4. The number of benzene rings is 6. The van der Waals surface area contributed by atoms with Crippen LogP contribution in [0.1, 0.15) is 16.7 Å². The number of aromatic nitrogens is 1. The van der Waals surface area contributed by atoms with Crippen LogP contribution in [0.15, 0.2) is 164 Å². The SMILES string of the molecule is O=[PH](C/C=C/c1cc(/C=C/C[PH](=O)c2ccccc2)cc(-c2ccc(/C=C/n3c4ccccc4c4ccccc43)cc2)c1)c1ccccc1. The fraction of sp³-hybridized carbons (Fsp3) is 0.0455. The van der Waals surface area contributed by atoms with E-state index in [9.17, 15) is 9.13 Å². The Hall–Kier alpha value is -5.20. The predicted octanol–water partition coefficient (Wildman–Crippen LogP) is 10.9. The summed E-state index contributed by atoms with van der Waals surface area (Å²) in [6, 6.07) is 51.5. The molecule has 2 unspecified atom stereocenters. The van der Waals surface area contributed by atoms with Crippen LogP contribution in [0.3, 0.4) is 0 Å². The molecule has 7 aromatic rings. The number of hydrogen-bond donors (Lipinski definition) is 0. The van der Waals surface area contributed by atoms with Gasteiger partial charge >= 0.3 is 0 Å². The minimum atomic E-state index is -1.90. The molecule has 0 saturated carbocycles. The lowest BCUT2D eigenvalue weighted by atomic mass is 9.98. The van der Waals surface area contributed by atoms with Gasteiger partial charge in [0.2, 0.25) is 0 Å². The Balaban J connectivity index is 1.14. The standard InChI is InChI=1S/C44H37NO2P2/c46-48(39-15-3-1-4-16-39)29-11-13-35-31-36(14-12-30-49(47)40-17-5-2-6-18-40)33-38(32-35)37-25-23-34(24-26-37)27-28-45-43-21-9-7-19-41(43)42-20-8-10-22-44(42)45/h1-28,31-33,48-49H,29-30H2/b13-11+,14-12+,28-27+. The van der Waals surface area contributed by atoms with Crippen LogP contribution >= 0.6 is 15.6 Å². The topological polar surface area (TPSA) is 39.1 Å². The number of fused-ring (bicyclic) bond motifs is 3. The molecular formula is C44H37NO2P2. The van der Waals surface area contributed by atoms with Gasteiger partial charge in [-0.25, -0.2) is 0 Å². The molecule has 0 aliphatic rings. The van der Waals surface area contributed by atoms with Crippen LogP contribution in [0.25, 0.3) is 57.4 Å². The van der Waals surface area contributed by atoms with Gasteiger partial charge in [-0.1, -0.05) is 146 Å². The van der Waals surface area contributed by atoms with Gasteiger partial charge in [0.25, 0.3) is 0 Å². The largest absolute Gasteiger partial charge is 0.322 e. The van der Waals surface area contributed by atoms with Crippen molar-refractivity contribution in [2.24, 2.45) is 0 Å². The third-order valence-electron chi connectivity index (χ3n) is 8.67. The number of allylic oxidation sites excluding steroid dienone is 2. The van der Waals surface area contributed by atoms with Crippen LogP contribution in [-0.4, -0.2) is 16.9 Å². The number of rotatable bonds is 11. The summed E-state index contributed by atoms with van der Waals surface area (Å²) in [4.78, 5) is 0. The average Bonchev–Trinajstić information content (AvgIpc) is 3.48. The summed E-state index contributed by atoms with van der Waals surface area (Å²) in [7, 11) is -3.80. The van der Waals surface area contributed by atoms with E-state index in [0.29, 0.717) is 12.3 Å². The molecule has 0 amide bonds. The van der Waals surface area contributed by atoms with Gasteiger partial charge < -0.3 is 13.7 Å². The molecule has 0 saturated heterocycles. The zero-order chi connectivity index (χ0) is 33.4. The fourth-order valence-corrected chi connectivity index (χ4v) is 8.45. The summed E-state index contributed by atoms with van der Waals surface area (Å²) in [5.74, 6) is 0. The quantitative estimate of drug-likeness (QED) is 0.128. The third kappa shape index (κ3) is 7.76. The maximum absolute atomic E-state index is 12.9. The van der Waals surface area contributed by atoms with Gasteiger partial charge in [-0.3, -0.25) is 0 Å². The third-order valence-corrected chi connectivity index (χ3v) is 11.8. The van der Waals surface area contributed by atoms with Crippen molar-refractivity contribution in [2.75, 3.05) is 12.3 Å². The van der Waals surface area contributed by atoms with E-state index in [-0.39, 0.29) is 0 Å². The van der Waals surface area contributed by atoms with Crippen LogP contribution in [0.5, 0.6) is 0 Å².